The monoisotopic (exact) mass is 240 g/mol. The van der Waals surface area contributed by atoms with Crippen molar-refractivity contribution in [2.45, 2.75) is 43.2 Å². The topological polar surface area (TPSA) is 41.1 Å². The zero-order valence-corrected chi connectivity index (χ0v) is 8.40. The third-order valence-electron chi connectivity index (χ3n) is 2.86. The number of hydrogen-bond donors (Lipinski definition) is 2. The van der Waals surface area contributed by atoms with E-state index in [1.54, 1.807) is 0 Å². The van der Waals surface area contributed by atoms with Gasteiger partial charge in [0.15, 0.2) is 0 Å². The van der Waals surface area contributed by atoms with E-state index in [0.29, 0.717) is 0 Å². The summed E-state index contributed by atoms with van der Waals surface area (Å²) in [5.41, 5.74) is 0. The van der Waals surface area contributed by atoms with E-state index in [2.05, 4.69) is 10.6 Å². The molecule has 0 aromatic heterocycles. The molecule has 16 heavy (non-hydrogen) atoms. The van der Waals surface area contributed by atoms with Crippen LogP contribution in [0, 0.1) is 0 Å². The largest absolute Gasteiger partial charge is 0.352 e. The highest BCUT2D eigenvalue weighted by Gasteiger charge is 2.48. The van der Waals surface area contributed by atoms with Crippen molar-refractivity contribution in [3.05, 3.63) is 0 Å². The summed E-state index contributed by atoms with van der Waals surface area (Å²) in [6.07, 6.45) is -1.37. The average molecular weight is 240 g/mol. The van der Waals surface area contributed by atoms with Crippen LogP contribution in [0.15, 0.2) is 0 Å². The summed E-state index contributed by atoms with van der Waals surface area (Å²) in [5.74, 6) is -6.21. The molecule has 0 radical (unpaired) electrons. The Labute approximate surface area is 89.6 Å². The highest BCUT2D eigenvalue weighted by atomic mass is 19.3. The van der Waals surface area contributed by atoms with Gasteiger partial charge in [-0.05, 0) is 0 Å². The molecule has 1 amide bonds. The van der Waals surface area contributed by atoms with Gasteiger partial charge in [-0.2, -0.15) is 0 Å². The van der Waals surface area contributed by atoms with Crippen LogP contribution in [0.4, 0.5) is 17.6 Å². The van der Waals surface area contributed by atoms with Crippen LogP contribution in [0.5, 0.6) is 0 Å². The summed E-state index contributed by atoms with van der Waals surface area (Å²) in [4.78, 5) is 11.4. The van der Waals surface area contributed by atoms with Crippen molar-refractivity contribution < 1.29 is 22.4 Å². The molecule has 1 heterocycles. The van der Waals surface area contributed by atoms with Gasteiger partial charge in [0.05, 0.1) is 12.6 Å². The molecule has 1 atom stereocenters. The van der Waals surface area contributed by atoms with Gasteiger partial charge in [-0.1, -0.05) is 0 Å². The van der Waals surface area contributed by atoms with Gasteiger partial charge in [0.1, 0.15) is 0 Å². The van der Waals surface area contributed by atoms with Gasteiger partial charge in [0.25, 0.3) is 11.8 Å². The van der Waals surface area contributed by atoms with Crippen LogP contribution < -0.4 is 10.6 Å². The molecule has 0 spiro atoms. The lowest BCUT2D eigenvalue weighted by atomic mass is 9.88. The van der Waals surface area contributed by atoms with Crippen molar-refractivity contribution in [2.24, 2.45) is 0 Å². The average Bonchev–Trinajstić information content (AvgIpc) is 2.42. The molecule has 2 N–H and O–H groups in total. The molecule has 2 rings (SSSR count). The van der Waals surface area contributed by atoms with Crippen molar-refractivity contribution in [3.8, 4) is 0 Å². The van der Waals surface area contributed by atoms with Gasteiger partial charge in [0, 0.05) is 25.3 Å². The normalized spacial score (nSPS) is 32.1. The first-order valence-electron chi connectivity index (χ1n) is 5.07. The van der Waals surface area contributed by atoms with Gasteiger partial charge in [-0.3, -0.25) is 10.1 Å². The van der Waals surface area contributed by atoms with Crippen LogP contribution in [0.3, 0.4) is 0 Å². The number of carbonyl (C=O) groups excluding carboxylic acids is 1. The van der Waals surface area contributed by atoms with Crippen LogP contribution in [0.1, 0.15) is 19.3 Å². The molecule has 1 unspecified atom stereocenters. The number of alkyl halides is 4. The molecule has 7 heteroatoms. The summed E-state index contributed by atoms with van der Waals surface area (Å²) in [7, 11) is 0. The van der Waals surface area contributed by atoms with Gasteiger partial charge in [-0.15, -0.1) is 0 Å². The highest BCUT2D eigenvalue weighted by Crippen LogP contribution is 2.37. The molecule has 92 valence electrons. The number of rotatable bonds is 2. The summed E-state index contributed by atoms with van der Waals surface area (Å²) in [6, 6.07) is -1.55. The van der Waals surface area contributed by atoms with E-state index in [1.807, 2.05) is 0 Å². The van der Waals surface area contributed by atoms with Gasteiger partial charge in [-0.25, -0.2) is 17.6 Å². The first-order valence-corrected chi connectivity index (χ1v) is 5.07. The van der Waals surface area contributed by atoms with Crippen molar-refractivity contribution in [2.75, 3.05) is 6.54 Å². The summed E-state index contributed by atoms with van der Waals surface area (Å²) in [6.45, 7) is -0.536. The Morgan fingerprint density at radius 3 is 2.19 bits per heavy atom. The summed E-state index contributed by atoms with van der Waals surface area (Å²) in [5, 5.41) is 4.71. The van der Waals surface area contributed by atoms with Crippen molar-refractivity contribution >= 4 is 5.91 Å². The van der Waals surface area contributed by atoms with Crippen LogP contribution in [-0.2, 0) is 4.79 Å². The molecule has 0 bridgehead atoms. The van der Waals surface area contributed by atoms with E-state index in [0.717, 1.165) is 0 Å². The molecule has 0 aromatic carbocycles. The lowest BCUT2D eigenvalue weighted by molar-refractivity contribution is -0.131. The predicted molar refractivity (Wildman–Crippen MR) is 47.5 cm³/mol. The Morgan fingerprint density at radius 1 is 1.12 bits per heavy atom. The van der Waals surface area contributed by atoms with Gasteiger partial charge < -0.3 is 5.32 Å². The molecule has 1 saturated carbocycles. The minimum absolute atomic E-state index is 0.401. The molecule has 1 saturated heterocycles. The Hall–Kier alpha value is -0.850. The molecule has 0 aromatic rings. The molecule has 1 aliphatic heterocycles. The smallest absolute Gasteiger partial charge is 0.262 e. The van der Waals surface area contributed by atoms with Crippen LogP contribution >= 0.6 is 0 Å². The number of nitrogens with one attached hydrogen (secondary N) is 2. The van der Waals surface area contributed by atoms with Crippen LogP contribution in [0.2, 0.25) is 0 Å². The van der Waals surface area contributed by atoms with Crippen molar-refractivity contribution in [3.63, 3.8) is 0 Å². The Bertz CT molecular complexity index is 300. The van der Waals surface area contributed by atoms with E-state index in [9.17, 15) is 22.4 Å². The lowest BCUT2D eigenvalue weighted by Crippen LogP contribution is -2.54. The Morgan fingerprint density at radius 2 is 1.75 bits per heavy atom. The van der Waals surface area contributed by atoms with E-state index in [1.165, 1.54) is 0 Å². The number of carbonyl (C=O) groups is 1. The van der Waals surface area contributed by atoms with E-state index in [4.69, 9.17) is 0 Å². The fourth-order valence-electron chi connectivity index (χ4n) is 1.97. The third kappa shape index (κ3) is 2.45. The first kappa shape index (κ1) is 11.6. The fourth-order valence-corrected chi connectivity index (χ4v) is 1.97. The van der Waals surface area contributed by atoms with Crippen LogP contribution in [0.25, 0.3) is 0 Å². The molecular formula is C9H12F4N2O. The van der Waals surface area contributed by atoms with Crippen LogP contribution in [-0.4, -0.2) is 36.4 Å². The zero-order chi connectivity index (χ0) is 12.0. The van der Waals surface area contributed by atoms with Gasteiger partial charge >= 0.3 is 0 Å². The summed E-state index contributed by atoms with van der Waals surface area (Å²) < 4.78 is 50.4. The van der Waals surface area contributed by atoms with E-state index >= 15 is 0 Å². The molecule has 2 aliphatic rings. The van der Waals surface area contributed by atoms with Crippen molar-refractivity contribution in [1.82, 2.24) is 10.6 Å². The quantitative estimate of drug-likeness (QED) is 0.704. The SMILES string of the molecule is O=C(NC1CC(F)(F)C1)C1CC(F)(F)CN1. The second-order valence-electron chi connectivity index (χ2n) is 4.46. The molecular weight excluding hydrogens is 228 g/mol. The maximum atomic E-state index is 12.7. The maximum absolute atomic E-state index is 12.7. The number of amides is 1. The predicted octanol–water partition coefficient (Wildman–Crippen LogP) is 0.897. The number of halogens is 4. The first-order chi connectivity index (χ1) is 7.27. The number of hydrogen-bond acceptors (Lipinski definition) is 2. The lowest BCUT2D eigenvalue weighted by Gasteiger charge is -2.35. The molecule has 2 fully saturated rings. The Balaban J connectivity index is 1.78. The third-order valence-corrected chi connectivity index (χ3v) is 2.86. The second-order valence-corrected chi connectivity index (χ2v) is 4.46. The highest BCUT2D eigenvalue weighted by molar-refractivity contribution is 5.82. The van der Waals surface area contributed by atoms with E-state index < -0.39 is 55.6 Å². The maximum Gasteiger partial charge on any atom is 0.262 e. The molecule has 1 aliphatic carbocycles. The van der Waals surface area contributed by atoms with Crippen molar-refractivity contribution in [1.29, 1.82) is 0 Å². The summed E-state index contributed by atoms with van der Waals surface area (Å²) >= 11 is 0. The van der Waals surface area contributed by atoms with Gasteiger partial charge in [0.2, 0.25) is 5.91 Å². The fraction of sp³-hybridized carbons (Fsp3) is 0.889. The standard InChI is InChI=1S/C9H12F4N2O/c10-8(11)1-5(2-8)15-7(16)6-3-9(12,13)4-14-6/h5-6,14H,1-4H2,(H,15,16). The minimum atomic E-state index is -2.88. The second kappa shape index (κ2) is 3.58. The molecule has 3 nitrogen and oxygen atoms in total. The Kier molecular flexibility index (Phi) is 2.60. The zero-order valence-electron chi connectivity index (χ0n) is 8.40. The van der Waals surface area contributed by atoms with E-state index in [-0.39, 0.29) is 0 Å². The minimum Gasteiger partial charge on any atom is -0.352 e.